The molecule has 2 heterocycles. The highest BCUT2D eigenvalue weighted by atomic mass is 16.6. The number of carbonyl (C=O) groups is 2. The number of likely N-dealkylation sites (tertiary alicyclic amines) is 1. The minimum Gasteiger partial charge on any atom is -0.450 e. The molecular weight excluding hydrogens is 364 g/mol. The molecule has 0 aliphatic carbocycles. The number of nitrogens with zero attached hydrogens (tertiary/aromatic N) is 2. The normalized spacial score (nSPS) is 19.3. The quantitative estimate of drug-likeness (QED) is 0.442. The maximum absolute atomic E-state index is 12.3. The highest BCUT2D eigenvalue weighted by molar-refractivity contribution is 5.89. The number of hydrogen-bond acceptors (Lipinski definition) is 6. The lowest BCUT2D eigenvalue weighted by Gasteiger charge is -2.34. The van der Waals surface area contributed by atoms with E-state index in [1.54, 1.807) is 11.0 Å². The average Bonchev–Trinajstić information content (AvgIpc) is 3.15. The zero-order valence-electron chi connectivity index (χ0n) is 15.8. The van der Waals surface area contributed by atoms with Crippen LogP contribution in [0.15, 0.2) is 40.8 Å². The van der Waals surface area contributed by atoms with Gasteiger partial charge < -0.3 is 14.1 Å². The smallest absolute Gasteiger partial charge is 0.374 e. The molecule has 2 aromatic rings. The summed E-state index contributed by atoms with van der Waals surface area (Å²) >= 11 is 0. The van der Waals surface area contributed by atoms with Gasteiger partial charge in [-0.05, 0) is 42.5 Å². The summed E-state index contributed by atoms with van der Waals surface area (Å²) in [6.45, 7) is 5.22. The summed E-state index contributed by atoms with van der Waals surface area (Å²) in [5.41, 5.74) is 0.562. The number of carbonyl (C=O) groups excluding carboxylic acids is 2. The second-order valence-corrected chi connectivity index (χ2v) is 7.29. The fraction of sp³-hybridized carbons (Fsp3) is 0.400. The van der Waals surface area contributed by atoms with Crippen molar-refractivity contribution >= 4 is 17.6 Å². The SMILES string of the molecule is C[C@@H]1C[C@H](C)CN(C(=O)COC(=O)c2ccc(-c3ccc([N+](=O)[O-])cc3)o2)C1. The third kappa shape index (κ3) is 4.57. The summed E-state index contributed by atoms with van der Waals surface area (Å²) < 4.78 is 10.6. The average molecular weight is 386 g/mol. The molecule has 0 unspecified atom stereocenters. The Morgan fingerprint density at radius 2 is 1.79 bits per heavy atom. The number of benzene rings is 1. The summed E-state index contributed by atoms with van der Waals surface area (Å²) in [7, 11) is 0. The van der Waals surface area contributed by atoms with Crippen LogP contribution in [0.2, 0.25) is 0 Å². The first-order valence-corrected chi connectivity index (χ1v) is 9.13. The highest BCUT2D eigenvalue weighted by Crippen LogP contribution is 2.25. The van der Waals surface area contributed by atoms with Crippen molar-refractivity contribution in [1.82, 2.24) is 4.90 Å². The number of hydrogen-bond donors (Lipinski definition) is 0. The third-order valence-corrected chi connectivity index (χ3v) is 4.72. The van der Waals surface area contributed by atoms with Crippen molar-refractivity contribution in [2.24, 2.45) is 11.8 Å². The molecule has 1 aliphatic heterocycles. The Bertz CT molecular complexity index is 863. The van der Waals surface area contributed by atoms with Crippen molar-refractivity contribution in [3.8, 4) is 11.3 Å². The fourth-order valence-electron chi connectivity index (χ4n) is 3.51. The van der Waals surface area contributed by atoms with Crippen LogP contribution >= 0.6 is 0 Å². The third-order valence-electron chi connectivity index (χ3n) is 4.72. The molecule has 1 aromatic carbocycles. The topological polar surface area (TPSA) is 103 Å². The van der Waals surface area contributed by atoms with E-state index in [0.717, 1.165) is 6.42 Å². The molecule has 2 atom stereocenters. The van der Waals surface area contributed by atoms with Crippen LogP contribution in [0.1, 0.15) is 30.8 Å². The number of ether oxygens (including phenoxy) is 1. The van der Waals surface area contributed by atoms with E-state index >= 15 is 0 Å². The molecule has 1 saturated heterocycles. The van der Waals surface area contributed by atoms with E-state index in [1.807, 2.05) is 0 Å². The van der Waals surface area contributed by atoms with Crippen LogP contribution in [0.3, 0.4) is 0 Å². The molecule has 1 amide bonds. The summed E-state index contributed by atoms with van der Waals surface area (Å²) in [5, 5.41) is 10.7. The molecule has 0 spiro atoms. The van der Waals surface area contributed by atoms with Gasteiger partial charge in [-0.2, -0.15) is 0 Å². The van der Waals surface area contributed by atoms with E-state index in [0.29, 0.717) is 36.2 Å². The van der Waals surface area contributed by atoms with Gasteiger partial charge in [-0.1, -0.05) is 13.8 Å². The fourth-order valence-corrected chi connectivity index (χ4v) is 3.51. The van der Waals surface area contributed by atoms with Gasteiger partial charge in [0.15, 0.2) is 6.61 Å². The molecule has 8 nitrogen and oxygen atoms in total. The number of amides is 1. The summed E-state index contributed by atoms with van der Waals surface area (Å²) in [6.07, 6.45) is 1.08. The maximum atomic E-state index is 12.3. The van der Waals surface area contributed by atoms with Crippen LogP contribution in [-0.2, 0) is 9.53 Å². The molecule has 8 heteroatoms. The number of nitro benzene ring substituents is 1. The number of piperidine rings is 1. The van der Waals surface area contributed by atoms with Crippen molar-refractivity contribution in [3.05, 3.63) is 52.3 Å². The molecule has 3 rings (SSSR count). The summed E-state index contributed by atoms with van der Waals surface area (Å²) in [5.74, 6) is 0.275. The number of nitro groups is 1. The van der Waals surface area contributed by atoms with E-state index in [1.165, 1.54) is 30.3 Å². The van der Waals surface area contributed by atoms with Crippen LogP contribution < -0.4 is 0 Å². The first kappa shape index (κ1) is 19.6. The molecule has 148 valence electrons. The van der Waals surface area contributed by atoms with Gasteiger partial charge in [-0.15, -0.1) is 0 Å². The minimum atomic E-state index is -0.723. The molecule has 0 radical (unpaired) electrons. The van der Waals surface area contributed by atoms with E-state index in [-0.39, 0.29) is 24.0 Å². The van der Waals surface area contributed by atoms with Crippen molar-refractivity contribution in [1.29, 1.82) is 0 Å². The van der Waals surface area contributed by atoms with Gasteiger partial charge in [0.25, 0.3) is 11.6 Å². The minimum absolute atomic E-state index is 0.0264. The zero-order chi connectivity index (χ0) is 20.3. The van der Waals surface area contributed by atoms with Gasteiger partial charge in [0, 0.05) is 30.8 Å². The lowest BCUT2D eigenvalue weighted by molar-refractivity contribution is -0.384. The highest BCUT2D eigenvalue weighted by Gasteiger charge is 2.26. The van der Waals surface area contributed by atoms with E-state index in [2.05, 4.69) is 13.8 Å². The predicted octanol–water partition coefficient (Wildman–Crippen LogP) is 3.52. The first-order valence-electron chi connectivity index (χ1n) is 9.13. The van der Waals surface area contributed by atoms with Crippen molar-refractivity contribution in [2.75, 3.05) is 19.7 Å². The number of esters is 1. The van der Waals surface area contributed by atoms with Gasteiger partial charge in [0.2, 0.25) is 5.76 Å². The van der Waals surface area contributed by atoms with Gasteiger partial charge in [-0.25, -0.2) is 4.79 Å². The Kier molecular flexibility index (Phi) is 5.77. The van der Waals surface area contributed by atoms with Crippen LogP contribution in [0.4, 0.5) is 5.69 Å². The zero-order valence-corrected chi connectivity index (χ0v) is 15.8. The Hall–Kier alpha value is -3.16. The number of rotatable bonds is 5. The second-order valence-electron chi connectivity index (χ2n) is 7.29. The van der Waals surface area contributed by atoms with Crippen LogP contribution in [0.25, 0.3) is 11.3 Å². The van der Waals surface area contributed by atoms with Crippen LogP contribution in [-0.4, -0.2) is 41.4 Å². The van der Waals surface area contributed by atoms with Crippen molar-refractivity contribution in [2.45, 2.75) is 20.3 Å². The maximum Gasteiger partial charge on any atom is 0.374 e. The Morgan fingerprint density at radius 1 is 1.14 bits per heavy atom. The number of furan rings is 1. The van der Waals surface area contributed by atoms with Gasteiger partial charge in [0.05, 0.1) is 4.92 Å². The van der Waals surface area contributed by atoms with E-state index in [4.69, 9.17) is 9.15 Å². The molecule has 28 heavy (non-hydrogen) atoms. The van der Waals surface area contributed by atoms with Crippen LogP contribution in [0.5, 0.6) is 0 Å². The standard InChI is InChI=1S/C20H22N2O6/c1-13-9-14(2)11-21(10-13)19(23)12-27-20(24)18-8-7-17(28-18)15-3-5-16(6-4-15)22(25)26/h3-8,13-14H,9-12H2,1-2H3/t13-,14+. The molecular formula is C20H22N2O6. The summed E-state index contributed by atoms with van der Waals surface area (Å²) in [4.78, 5) is 36.4. The lowest BCUT2D eigenvalue weighted by Crippen LogP contribution is -2.44. The van der Waals surface area contributed by atoms with Crippen molar-refractivity contribution in [3.63, 3.8) is 0 Å². The largest absolute Gasteiger partial charge is 0.450 e. The summed E-state index contributed by atoms with van der Waals surface area (Å²) in [6, 6.07) is 8.81. The first-order chi connectivity index (χ1) is 13.3. The molecule has 1 fully saturated rings. The second kappa shape index (κ2) is 8.24. The van der Waals surface area contributed by atoms with Crippen LogP contribution in [0, 0.1) is 22.0 Å². The lowest BCUT2D eigenvalue weighted by atomic mass is 9.92. The Morgan fingerprint density at radius 3 is 2.39 bits per heavy atom. The molecule has 0 bridgehead atoms. The molecule has 1 aromatic heterocycles. The molecule has 0 N–H and O–H groups in total. The molecule has 0 saturated carbocycles. The van der Waals surface area contributed by atoms with Gasteiger partial charge in [-0.3, -0.25) is 14.9 Å². The van der Waals surface area contributed by atoms with Gasteiger partial charge >= 0.3 is 5.97 Å². The van der Waals surface area contributed by atoms with Crippen molar-refractivity contribution < 1.29 is 23.7 Å². The monoisotopic (exact) mass is 386 g/mol. The Labute approximate surface area is 162 Å². The number of non-ortho nitro benzene ring substituents is 1. The molecule has 1 aliphatic rings. The van der Waals surface area contributed by atoms with Gasteiger partial charge in [0.1, 0.15) is 5.76 Å². The van der Waals surface area contributed by atoms with E-state index < -0.39 is 10.9 Å². The van der Waals surface area contributed by atoms with E-state index in [9.17, 15) is 19.7 Å². The predicted molar refractivity (Wildman–Crippen MR) is 101 cm³/mol. The Balaban J connectivity index is 1.58.